The lowest BCUT2D eigenvalue weighted by molar-refractivity contribution is -0.147. The Kier molecular flexibility index (Phi) is 3.17. The van der Waals surface area contributed by atoms with Crippen molar-refractivity contribution in [2.24, 2.45) is 0 Å². The van der Waals surface area contributed by atoms with Crippen LogP contribution in [0.25, 0.3) is 0 Å². The Morgan fingerprint density at radius 2 is 2.13 bits per heavy atom. The number of carbonyl (C=O) groups is 2. The number of rotatable bonds is 4. The fourth-order valence-corrected chi connectivity index (χ4v) is 1.02. The molecule has 0 aliphatic heterocycles. The summed E-state index contributed by atoms with van der Waals surface area (Å²) in [4.78, 5) is 35.1. The molecule has 0 aromatic carbocycles. The van der Waals surface area contributed by atoms with E-state index in [1.54, 1.807) is 0 Å². The van der Waals surface area contributed by atoms with Crippen LogP contribution in [0.4, 0.5) is 0 Å². The van der Waals surface area contributed by atoms with E-state index in [9.17, 15) is 14.4 Å². The third-order valence-corrected chi connectivity index (χ3v) is 1.72. The molecule has 7 heteroatoms. The fourth-order valence-electron chi connectivity index (χ4n) is 1.02. The average molecular weight is 212 g/mol. The Morgan fingerprint density at radius 3 is 2.53 bits per heavy atom. The second-order valence-electron chi connectivity index (χ2n) is 2.80. The van der Waals surface area contributed by atoms with Gasteiger partial charge in [0.25, 0.3) is 5.56 Å². The van der Waals surface area contributed by atoms with Crippen LogP contribution >= 0.6 is 0 Å². The van der Waals surface area contributed by atoms with Gasteiger partial charge < -0.3 is 14.8 Å². The van der Waals surface area contributed by atoms with Crippen molar-refractivity contribution in [2.45, 2.75) is 12.5 Å². The van der Waals surface area contributed by atoms with E-state index in [1.807, 2.05) is 0 Å². The molecule has 1 aromatic heterocycles. The van der Waals surface area contributed by atoms with Gasteiger partial charge in [-0.1, -0.05) is 0 Å². The number of nitrogens with zero attached hydrogens (tertiary/aromatic N) is 2. The van der Waals surface area contributed by atoms with Crippen LogP contribution in [0.15, 0.2) is 23.4 Å². The minimum absolute atomic E-state index is 0.509. The maximum Gasteiger partial charge on any atom is 0.327 e. The molecule has 1 unspecified atom stereocenters. The molecule has 1 atom stereocenters. The van der Waals surface area contributed by atoms with Crippen molar-refractivity contribution < 1.29 is 19.8 Å². The van der Waals surface area contributed by atoms with Crippen LogP contribution in [0, 0.1) is 0 Å². The molecule has 0 aliphatic carbocycles. The summed E-state index contributed by atoms with van der Waals surface area (Å²) in [6.07, 6.45) is 1.63. The summed E-state index contributed by atoms with van der Waals surface area (Å²) in [7, 11) is 0. The zero-order chi connectivity index (χ0) is 11.4. The van der Waals surface area contributed by atoms with Crippen molar-refractivity contribution in [3.8, 4) is 0 Å². The predicted octanol–water partition coefficient (Wildman–Crippen LogP) is -0.656. The molecule has 1 rings (SSSR count). The maximum absolute atomic E-state index is 10.7. The summed E-state index contributed by atoms with van der Waals surface area (Å²) in [6.45, 7) is 0. The van der Waals surface area contributed by atoms with Crippen LogP contribution in [0.2, 0.25) is 0 Å². The van der Waals surface area contributed by atoms with Gasteiger partial charge in [-0.05, 0) is 0 Å². The minimum atomic E-state index is -1.29. The molecule has 0 bridgehead atoms. The summed E-state index contributed by atoms with van der Waals surface area (Å²) in [5.74, 6) is -2.52. The van der Waals surface area contributed by atoms with E-state index in [2.05, 4.69) is 4.98 Å². The van der Waals surface area contributed by atoms with Crippen molar-refractivity contribution in [3.05, 3.63) is 28.9 Å². The summed E-state index contributed by atoms with van der Waals surface area (Å²) in [6, 6.07) is -0.187. The standard InChI is InChI=1S/C8H8N2O5/c11-6-1-2-10(4-9-6)5(8(14)15)3-7(12)13/h1-2,4-5H,3H2,(H,12,13)(H,14,15). The number of hydrogen-bond donors (Lipinski definition) is 2. The molecule has 0 aliphatic rings. The molecule has 0 amide bonds. The molecular weight excluding hydrogens is 204 g/mol. The summed E-state index contributed by atoms with van der Waals surface area (Å²) in [5, 5.41) is 17.2. The molecule has 0 saturated heterocycles. The first kappa shape index (κ1) is 10.9. The van der Waals surface area contributed by atoms with Gasteiger partial charge in [-0.15, -0.1) is 0 Å². The lowest BCUT2D eigenvalue weighted by Crippen LogP contribution is -2.23. The SMILES string of the molecule is O=C(O)CC(C(=O)O)n1ccc(=O)nc1. The summed E-state index contributed by atoms with van der Waals surface area (Å²) >= 11 is 0. The largest absolute Gasteiger partial charge is 0.481 e. The van der Waals surface area contributed by atoms with E-state index < -0.39 is 30.0 Å². The van der Waals surface area contributed by atoms with Gasteiger partial charge in [-0.2, -0.15) is 4.98 Å². The van der Waals surface area contributed by atoms with Crippen LogP contribution in [-0.2, 0) is 9.59 Å². The minimum Gasteiger partial charge on any atom is -0.481 e. The van der Waals surface area contributed by atoms with Gasteiger partial charge in [-0.25, -0.2) is 4.79 Å². The normalized spacial score (nSPS) is 12.0. The van der Waals surface area contributed by atoms with Crippen molar-refractivity contribution in [2.75, 3.05) is 0 Å². The summed E-state index contributed by atoms with van der Waals surface area (Å²) in [5.41, 5.74) is -0.509. The third-order valence-electron chi connectivity index (χ3n) is 1.72. The van der Waals surface area contributed by atoms with Gasteiger partial charge in [0.15, 0.2) is 0 Å². The maximum atomic E-state index is 10.7. The highest BCUT2D eigenvalue weighted by molar-refractivity contribution is 5.79. The zero-order valence-corrected chi connectivity index (χ0v) is 7.53. The number of carboxylic acid groups (broad SMARTS) is 2. The number of aromatic nitrogens is 2. The second kappa shape index (κ2) is 4.36. The lowest BCUT2D eigenvalue weighted by atomic mass is 10.2. The topological polar surface area (TPSA) is 109 Å². The van der Waals surface area contributed by atoms with Crippen LogP contribution in [0.1, 0.15) is 12.5 Å². The fraction of sp³-hybridized carbons (Fsp3) is 0.250. The Bertz CT molecular complexity index is 418. The van der Waals surface area contributed by atoms with E-state index in [1.165, 1.54) is 6.20 Å². The van der Waals surface area contributed by atoms with E-state index in [0.717, 1.165) is 17.0 Å². The van der Waals surface area contributed by atoms with Crippen molar-refractivity contribution in [1.29, 1.82) is 0 Å². The Labute approximate surface area is 83.6 Å². The average Bonchev–Trinajstić information content (AvgIpc) is 2.15. The molecule has 0 saturated carbocycles. The van der Waals surface area contributed by atoms with Gasteiger partial charge in [0, 0.05) is 12.3 Å². The van der Waals surface area contributed by atoms with Crippen LogP contribution in [0.3, 0.4) is 0 Å². The molecule has 0 fully saturated rings. The van der Waals surface area contributed by atoms with Crippen molar-refractivity contribution in [1.82, 2.24) is 9.55 Å². The van der Waals surface area contributed by atoms with Gasteiger partial charge in [0.1, 0.15) is 6.04 Å². The van der Waals surface area contributed by atoms with Crippen LogP contribution < -0.4 is 5.56 Å². The van der Waals surface area contributed by atoms with Gasteiger partial charge in [0.05, 0.1) is 12.7 Å². The highest BCUT2D eigenvalue weighted by Gasteiger charge is 2.21. The van der Waals surface area contributed by atoms with E-state index in [0.29, 0.717) is 0 Å². The van der Waals surface area contributed by atoms with Crippen LogP contribution in [-0.4, -0.2) is 31.7 Å². The predicted molar refractivity (Wildman–Crippen MR) is 47.4 cm³/mol. The number of carboxylic acids is 2. The molecule has 80 valence electrons. The number of aliphatic carboxylic acids is 2. The Balaban J connectivity index is 2.99. The molecule has 2 N–H and O–H groups in total. The Morgan fingerprint density at radius 1 is 1.47 bits per heavy atom. The van der Waals surface area contributed by atoms with Crippen molar-refractivity contribution in [3.63, 3.8) is 0 Å². The highest BCUT2D eigenvalue weighted by Crippen LogP contribution is 2.09. The second-order valence-corrected chi connectivity index (χ2v) is 2.80. The first-order valence-corrected chi connectivity index (χ1v) is 3.99. The molecule has 15 heavy (non-hydrogen) atoms. The highest BCUT2D eigenvalue weighted by atomic mass is 16.4. The Hall–Kier alpha value is -2.18. The van der Waals surface area contributed by atoms with Gasteiger partial charge >= 0.3 is 11.9 Å². The first-order valence-electron chi connectivity index (χ1n) is 3.99. The molecule has 0 radical (unpaired) electrons. The quantitative estimate of drug-likeness (QED) is 0.685. The van der Waals surface area contributed by atoms with Gasteiger partial charge in [0.2, 0.25) is 0 Å². The molecule has 1 aromatic rings. The molecule has 1 heterocycles. The van der Waals surface area contributed by atoms with Crippen LogP contribution in [0.5, 0.6) is 0 Å². The smallest absolute Gasteiger partial charge is 0.327 e. The monoisotopic (exact) mass is 212 g/mol. The van der Waals surface area contributed by atoms with E-state index in [4.69, 9.17) is 10.2 Å². The molecule has 0 spiro atoms. The zero-order valence-electron chi connectivity index (χ0n) is 7.53. The number of hydrogen-bond acceptors (Lipinski definition) is 4. The lowest BCUT2D eigenvalue weighted by Gasteiger charge is -2.12. The van der Waals surface area contributed by atoms with E-state index >= 15 is 0 Å². The van der Waals surface area contributed by atoms with Gasteiger partial charge in [-0.3, -0.25) is 9.59 Å². The summed E-state index contributed by atoms with van der Waals surface area (Å²) < 4.78 is 1.07. The first-order chi connectivity index (χ1) is 7.00. The van der Waals surface area contributed by atoms with Crippen molar-refractivity contribution >= 4 is 11.9 Å². The molecule has 7 nitrogen and oxygen atoms in total. The van der Waals surface area contributed by atoms with E-state index in [-0.39, 0.29) is 0 Å². The molecular formula is C8H8N2O5. The third kappa shape index (κ3) is 2.90.